The first-order chi connectivity index (χ1) is 19.0. The monoisotopic (exact) mass is 596 g/mol. The lowest BCUT2D eigenvalue weighted by Gasteiger charge is -2.39. The first-order valence-corrected chi connectivity index (χ1v) is 12.2. The molecule has 16 heteroatoms. The van der Waals surface area contributed by atoms with E-state index in [2.05, 4.69) is 32.5 Å². The van der Waals surface area contributed by atoms with Crippen molar-refractivity contribution in [3.63, 3.8) is 0 Å². The van der Waals surface area contributed by atoms with Crippen LogP contribution in [0.25, 0.3) is 0 Å². The number of aromatic nitrogens is 2. The second kappa shape index (κ2) is 14.3. The number of methoxy groups -OCH3 is 1. The highest BCUT2D eigenvalue weighted by atomic mass is 19.4. The number of hydrogen-bond acceptors (Lipinski definition) is 8. The summed E-state index contributed by atoms with van der Waals surface area (Å²) in [6.07, 6.45) is -6.85. The van der Waals surface area contributed by atoms with Gasteiger partial charge in [0.05, 0.1) is 31.1 Å². The van der Waals surface area contributed by atoms with Crippen molar-refractivity contribution in [2.75, 3.05) is 32.1 Å². The Morgan fingerprint density at radius 2 is 1.63 bits per heavy atom. The average Bonchev–Trinajstić information content (AvgIpc) is 3.26. The topological polar surface area (TPSA) is 134 Å². The molecule has 1 spiro atoms. The van der Waals surface area contributed by atoms with Crippen LogP contribution in [0.3, 0.4) is 0 Å². The zero-order valence-electron chi connectivity index (χ0n) is 22.1. The van der Waals surface area contributed by atoms with Crippen LogP contribution in [0.15, 0.2) is 36.4 Å². The number of hydrogen-bond donors (Lipinski definition) is 3. The zero-order valence-corrected chi connectivity index (χ0v) is 22.1. The molecule has 3 heterocycles. The number of halogens is 6. The Morgan fingerprint density at radius 3 is 2.12 bits per heavy atom. The summed E-state index contributed by atoms with van der Waals surface area (Å²) in [5, 5.41) is 26.1. The number of anilines is 1. The number of likely N-dealkylation sites (tertiary alicyclic amines) is 1. The molecule has 0 radical (unpaired) electrons. The van der Waals surface area contributed by atoms with Crippen molar-refractivity contribution in [3.05, 3.63) is 47.7 Å². The third-order valence-corrected chi connectivity index (χ3v) is 6.03. The van der Waals surface area contributed by atoms with E-state index in [-0.39, 0.29) is 5.60 Å². The van der Waals surface area contributed by atoms with Crippen LogP contribution in [-0.4, -0.2) is 88.1 Å². The maximum atomic E-state index is 10.6. The highest BCUT2D eigenvalue weighted by Crippen LogP contribution is 2.36. The van der Waals surface area contributed by atoms with Gasteiger partial charge in [-0.3, -0.25) is 4.90 Å². The predicted octanol–water partition coefficient (Wildman–Crippen LogP) is 4.30. The summed E-state index contributed by atoms with van der Waals surface area (Å²) in [7, 11) is 1.70. The van der Waals surface area contributed by atoms with Crippen molar-refractivity contribution in [2.24, 2.45) is 0 Å². The Kier molecular flexibility index (Phi) is 11.7. The lowest BCUT2D eigenvalue weighted by molar-refractivity contribution is -0.193. The molecule has 2 fully saturated rings. The Hall–Kier alpha value is -3.66. The average molecular weight is 597 g/mol. The molecular formula is C25H30F6N4O6. The van der Waals surface area contributed by atoms with E-state index in [9.17, 15) is 26.3 Å². The second-order valence-corrected chi connectivity index (χ2v) is 9.37. The summed E-state index contributed by atoms with van der Waals surface area (Å²) in [5.41, 5.74) is 2.21. The van der Waals surface area contributed by atoms with Crippen LogP contribution in [0, 0.1) is 6.92 Å². The summed E-state index contributed by atoms with van der Waals surface area (Å²) in [4.78, 5) is 20.3. The molecule has 0 saturated carbocycles. The second-order valence-electron chi connectivity index (χ2n) is 9.37. The molecule has 2 aliphatic heterocycles. The Labute approximate surface area is 231 Å². The normalized spacial score (nSPS) is 20.7. The smallest absolute Gasteiger partial charge is 0.490 e. The number of aryl methyl sites for hydroxylation is 1. The van der Waals surface area contributed by atoms with Crippen molar-refractivity contribution in [2.45, 2.75) is 56.7 Å². The third kappa shape index (κ3) is 11.4. The number of carboxylic acid groups (broad SMARTS) is 2. The largest absolute Gasteiger partial charge is 0.497 e. The first kappa shape index (κ1) is 33.5. The molecular weight excluding hydrogens is 566 g/mol. The molecule has 0 bridgehead atoms. The standard InChI is InChI=1S/C21H28N4O2.2C2HF3O2/c1-16-4-9-20(24-23-16)22-18-12-21(27-14-18)10-3-11-25(15-21)13-17-5-7-19(26-2)8-6-17;2*3-2(4,5)1(6)7/h4-9,18H,3,10-15H2,1-2H3,(H,22,24);2*(H,6,7). The Bertz CT molecular complexity index is 1110. The van der Waals surface area contributed by atoms with Crippen LogP contribution < -0.4 is 10.1 Å². The van der Waals surface area contributed by atoms with Crippen molar-refractivity contribution in [1.29, 1.82) is 0 Å². The minimum absolute atomic E-state index is 0.0412. The van der Waals surface area contributed by atoms with Gasteiger partial charge in [-0.25, -0.2) is 9.59 Å². The van der Waals surface area contributed by atoms with Crippen LogP contribution >= 0.6 is 0 Å². The summed E-state index contributed by atoms with van der Waals surface area (Å²) < 4.78 is 75.0. The fourth-order valence-electron chi connectivity index (χ4n) is 4.22. The summed E-state index contributed by atoms with van der Waals surface area (Å²) in [6, 6.07) is 12.6. The van der Waals surface area contributed by atoms with Crippen molar-refractivity contribution < 1.29 is 55.6 Å². The number of ether oxygens (including phenoxy) is 2. The lowest BCUT2D eigenvalue weighted by Crippen LogP contribution is -2.47. The Balaban J connectivity index is 0.000000349. The minimum atomic E-state index is -5.08. The highest BCUT2D eigenvalue weighted by Gasteiger charge is 2.43. The lowest BCUT2D eigenvalue weighted by atomic mass is 9.88. The SMILES string of the molecule is COc1ccc(CN2CCCC3(CC(Nc4ccc(C)nn4)CO3)C2)cc1.O=C(O)C(F)(F)F.O=C(O)C(F)(F)F. The van der Waals surface area contributed by atoms with Crippen LogP contribution in [0.2, 0.25) is 0 Å². The number of carboxylic acids is 2. The van der Waals surface area contributed by atoms with E-state index in [0.717, 1.165) is 56.3 Å². The van der Waals surface area contributed by atoms with Crippen molar-refractivity contribution in [3.8, 4) is 5.75 Å². The number of alkyl halides is 6. The van der Waals surface area contributed by atoms with Crippen LogP contribution in [0.5, 0.6) is 5.75 Å². The maximum Gasteiger partial charge on any atom is 0.490 e. The zero-order chi connectivity index (χ0) is 30.8. The third-order valence-electron chi connectivity index (χ3n) is 6.03. The van der Waals surface area contributed by atoms with Gasteiger partial charge in [0, 0.05) is 19.5 Å². The van der Waals surface area contributed by atoms with Gasteiger partial charge in [0.2, 0.25) is 0 Å². The molecule has 2 saturated heterocycles. The van der Waals surface area contributed by atoms with E-state index in [1.807, 2.05) is 31.2 Å². The van der Waals surface area contributed by atoms with E-state index in [1.165, 1.54) is 12.0 Å². The van der Waals surface area contributed by atoms with Gasteiger partial charge in [-0.1, -0.05) is 12.1 Å². The van der Waals surface area contributed by atoms with Crippen molar-refractivity contribution >= 4 is 17.8 Å². The highest BCUT2D eigenvalue weighted by molar-refractivity contribution is 5.73. The molecule has 4 rings (SSSR count). The molecule has 0 amide bonds. The number of benzene rings is 1. The van der Waals surface area contributed by atoms with E-state index in [1.54, 1.807) is 7.11 Å². The molecule has 228 valence electrons. The van der Waals surface area contributed by atoms with Gasteiger partial charge in [0.1, 0.15) is 11.6 Å². The number of nitrogens with one attached hydrogen (secondary N) is 1. The van der Waals surface area contributed by atoms with Crippen molar-refractivity contribution in [1.82, 2.24) is 15.1 Å². The van der Waals surface area contributed by atoms with Gasteiger partial charge in [0.15, 0.2) is 0 Å². The number of piperidine rings is 1. The number of rotatable bonds is 5. The van der Waals surface area contributed by atoms with Gasteiger partial charge in [-0.15, -0.1) is 5.10 Å². The van der Waals surface area contributed by atoms with E-state index >= 15 is 0 Å². The maximum absolute atomic E-state index is 10.6. The van der Waals surface area contributed by atoms with Gasteiger partial charge < -0.3 is 25.0 Å². The number of aliphatic carboxylic acids is 2. The summed E-state index contributed by atoms with van der Waals surface area (Å²) >= 11 is 0. The van der Waals surface area contributed by atoms with Gasteiger partial charge >= 0.3 is 24.3 Å². The van der Waals surface area contributed by atoms with Crippen LogP contribution in [-0.2, 0) is 20.9 Å². The molecule has 2 unspecified atom stereocenters. The van der Waals surface area contributed by atoms with E-state index in [4.69, 9.17) is 29.3 Å². The number of nitrogens with zero attached hydrogens (tertiary/aromatic N) is 3. The Morgan fingerprint density at radius 1 is 1.05 bits per heavy atom. The van der Waals surface area contributed by atoms with Crippen LogP contribution in [0.4, 0.5) is 32.2 Å². The van der Waals surface area contributed by atoms with Gasteiger partial charge in [0.25, 0.3) is 0 Å². The predicted molar refractivity (Wildman–Crippen MR) is 132 cm³/mol. The molecule has 10 nitrogen and oxygen atoms in total. The molecule has 0 aliphatic carbocycles. The number of carbonyl (C=O) groups is 2. The minimum Gasteiger partial charge on any atom is -0.497 e. The van der Waals surface area contributed by atoms with Crippen LogP contribution in [0.1, 0.15) is 30.5 Å². The molecule has 1 aromatic heterocycles. The summed E-state index contributed by atoms with van der Waals surface area (Å²) in [6.45, 7) is 5.74. The fraction of sp³-hybridized carbons (Fsp3) is 0.520. The fourth-order valence-corrected chi connectivity index (χ4v) is 4.22. The molecule has 41 heavy (non-hydrogen) atoms. The van der Waals surface area contributed by atoms with Gasteiger partial charge in [-0.05, 0) is 56.1 Å². The summed E-state index contributed by atoms with van der Waals surface area (Å²) in [5.74, 6) is -3.78. The first-order valence-electron chi connectivity index (χ1n) is 12.2. The molecule has 2 aromatic rings. The molecule has 1 aromatic carbocycles. The molecule has 2 aliphatic rings. The van der Waals surface area contributed by atoms with E-state index < -0.39 is 24.3 Å². The van der Waals surface area contributed by atoms with E-state index in [0.29, 0.717) is 6.04 Å². The van der Waals surface area contributed by atoms with Gasteiger partial charge in [-0.2, -0.15) is 31.4 Å². The molecule has 3 N–H and O–H groups in total. The quantitative estimate of drug-likeness (QED) is 0.429. The molecule has 2 atom stereocenters.